The van der Waals surface area contributed by atoms with E-state index in [1.165, 1.54) is 0 Å². The second kappa shape index (κ2) is 8.86. The van der Waals surface area contributed by atoms with Gasteiger partial charge in [-0.2, -0.15) is 21.8 Å². The van der Waals surface area contributed by atoms with Gasteiger partial charge in [0.05, 0.1) is 12.0 Å². The van der Waals surface area contributed by atoms with Gasteiger partial charge in [0.2, 0.25) is 5.95 Å². The van der Waals surface area contributed by atoms with E-state index in [0.717, 1.165) is 28.5 Å². The summed E-state index contributed by atoms with van der Waals surface area (Å²) in [6.45, 7) is 2.68. The number of aromatic nitrogens is 5. The molecule has 0 aliphatic heterocycles. The van der Waals surface area contributed by atoms with Crippen molar-refractivity contribution >= 4 is 29.3 Å². The van der Waals surface area contributed by atoms with Crippen LogP contribution in [-0.4, -0.2) is 37.4 Å². The van der Waals surface area contributed by atoms with E-state index in [9.17, 15) is 4.79 Å². The second-order valence-electron chi connectivity index (χ2n) is 5.70. The Morgan fingerprint density at radius 3 is 2.92 bits per heavy atom. The first-order valence-electron chi connectivity index (χ1n) is 8.12. The van der Waals surface area contributed by atoms with Crippen LogP contribution in [0.5, 0.6) is 0 Å². The average molecular weight is 391 g/mol. The van der Waals surface area contributed by atoms with Gasteiger partial charge in [-0.25, -0.2) is 10.1 Å². The van der Waals surface area contributed by atoms with Gasteiger partial charge in [0.1, 0.15) is 5.69 Å². The Balaban J connectivity index is 1.48. The summed E-state index contributed by atoms with van der Waals surface area (Å²) in [5.41, 5.74) is 3.10. The van der Waals surface area contributed by atoms with Gasteiger partial charge in [0.15, 0.2) is 0 Å². The Bertz CT molecular complexity index is 925. The molecule has 7 nitrogen and oxygen atoms in total. The molecule has 3 aromatic rings. The van der Waals surface area contributed by atoms with E-state index in [-0.39, 0.29) is 5.56 Å². The van der Waals surface area contributed by atoms with Crippen LogP contribution in [0, 0.1) is 6.92 Å². The van der Waals surface area contributed by atoms with Crippen LogP contribution in [-0.2, 0) is 12.2 Å². The maximum absolute atomic E-state index is 12.1. The van der Waals surface area contributed by atoms with Crippen molar-refractivity contribution in [2.45, 2.75) is 19.1 Å². The number of nitrogens with one attached hydrogen (secondary N) is 3. The number of aryl methyl sites for hydroxylation is 1. The number of H-pyrrole nitrogens is 2. The van der Waals surface area contributed by atoms with Crippen LogP contribution < -0.4 is 10.9 Å². The third-order valence-corrected chi connectivity index (χ3v) is 4.93. The summed E-state index contributed by atoms with van der Waals surface area (Å²) in [6, 6.07) is 7.35. The molecule has 0 saturated carbocycles. The van der Waals surface area contributed by atoms with E-state index in [1.54, 1.807) is 24.2 Å². The van der Waals surface area contributed by atoms with Crippen LogP contribution in [0.1, 0.15) is 22.6 Å². The fourth-order valence-electron chi connectivity index (χ4n) is 2.34. The smallest absolute Gasteiger partial charge is 0.296 e. The highest BCUT2D eigenvalue weighted by Crippen LogP contribution is 2.13. The van der Waals surface area contributed by atoms with E-state index >= 15 is 0 Å². The average Bonchev–Trinajstić information content (AvgIpc) is 3.02. The molecule has 0 unspecified atom stereocenters. The van der Waals surface area contributed by atoms with E-state index in [4.69, 9.17) is 11.6 Å². The molecule has 3 rings (SSSR count). The van der Waals surface area contributed by atoms with Gasteiger partial charge in [-0.3, -0.25) is 4.79 Å². The molecule has 0 spiro atoms. The highest BCUT2D eigenvalue weighted by molar-refractivity contribution is 7.98. The number of nitrogens with zero attached hydrogens (tertiary/aromatic N) is 3. The molecule has 9 heteroatoms. The van der Waals surface area contributed by atoms with Crippen LogP contribution >= 0.6 is 23.4 Å². The summed E-state index contributed by atoms with van der Waals surface area (Å²) in [6.07, 6.45) is 2.09. The number of imidazole rings is 1. The van der Waals surface area contributed by atoms with Gasteiger partial charge < -0.3 is 10.3 Å². The molecule has 0 saturated heterocycles. The number of halogens is 1. The van der Waals surface area contributed by atoms with Crippen molar-refractivity contribution in [1.29, 1.82) is 0 Å². The van der Waals surface area contributed by atoms with Gasteiger partial charge in [-0.05, 0) is 24.6 Å². The topological polar surface area (TPSA) is 99.3 Å². The summed E-state index contributed by atoms with van der Waals surface area (Å²) in [5, 5.41) is 10.6. The van der Waals surface area contributed by atoms with Crippen molar-refractivity contribution in [3.05, 3.63) is 68.6 Å². The lowest BCUT2D eigenvalue weighted by atomic mass is 10.1. The number of benzene rings is 1. The molecular weight excluding hydrogens is 372 g/mol. The molecule has 136 valence electrons. The predicted octanol–water partition coefficient (Wildman–Crippen LogP) is 2.79. The summed E-state index contributed by atoms with van der Waals surface area (Å²) < 4.78 is 0. The zero-order chi connectivity index (χ0) is 18.4. The van der Waals surface area contributed by atoms with Crippen molar-refractivity contribution in [2.24, 2.45) is 0 Å². The van der Waals surface area contributed by atoms with Gasteiger partial charge in [-0.15, -0.1) is 0 Å². The molecule has 1 aromatic carbocycles. The summed E-state index contributed by atoms with van der Waals surface area (Å²) in [5.74, 6) is 2.08. The minimum atomic E-state index is -0.342. The normalized spacial score (nSPS) is 10.8. The maximum atomic E-state index is 12.1. The second-order valence-corrected chi connectivity index (χ2v) is 7.24. The van der Waals surface area contributed by atoms with Crippen molar-refractivity contribution in [2.75, 3.05) is 17.6 Å². The lowest BCUT2D eigenvalue weighted by Gasteiger charge is -2.06. The summed E-state index contributed by atoms with van der Waals surface area (Å²) >= 11 is 7.72. The SMILES string of the molecule is Cc1[nH]cnc1CSCCNc1nc(=O)c(Cc2cccc(Cl)c2)n[nH]1. The number of aromatic amines is 2. The predicted molar refractivity (Wildman–Crippen MR) is 105 cm³/mol. The van der Waals surface area contributed by atoms with E-state index in [2.05, 4.69) is 30.5 Å². The lowest BCUT2D eigenvalue weighted by molar-refractivity contribution is 0.864. The molecule has 2 heterocycles. The Labute approximate surface area is 160 Å². The quantitative estimate of drug-likeness (QED) is 0.511. The Morgan fingerprint density at radius 2 is 2.19 bits per heavy atom. The molecule has 0 aliphatic carbocycles. The zero-order valence-corrected chi connectivity index (χ0v) is 15.8. The van der Waals surface area contributed by atoms with Gasteiger partial charge in [0.25, 0.3) is 5.56 Å². The number of hydrogen-bond donors (Lipinski definition) is 3. The molecular formula is C17H19ClN6OS. The first kappa shape index (κ1) is 18.5. The first-order chi connectivity index (χ1) is 12.6. The third-order valence-electron chi connectivity index (χ3n) is 3.73. The van der Waals surface area contributed by atoms with Crippen LogP contribution in [0.2, 0.25) is 5.02 Å². The minimum Gasteiger partial charge on any atom is -0.354 e. The molecule has 2 aromatic heterocycles. The number of rotatable bonds is 8. The standard InChI is InChI=1S/C17H19ClN6OS/c1-11-15(21-10-20-11)9-26-6-5-19-17-22-16(25)14(23-24-17)8-12-3-2-4-13(18)7-12/h2-4,7,10H,5-6,8-9H2,1H3,(H,20,21)(H2,19,22,24,25). The molecule has 0 atom stereocenters. The molecule has 3 N–H and O–H groups in total. The number of thioether (sulfide) groups is 1. The molecule has 26 heavy (non-hydrogen) atoms. The van der Waals surface area contributed by atoms with Crippen LogP contribution in [0.15, 0.2) is 35.4 Å². The molecule has 0 bridgehead atoms. The number of anilines is 1. The fraction of sp³-hybridized carbons (Fsp3) is 0.294. The maximum Gasteiger partial charge on any atom is 0.296 e. The minimum absolute atomic E-state index is 0.342. The molecule has 0 aliphatic rings. The monoisotopic (exact) mass is 390 g/mol. The van der Waals surface area contributed by atoms with E-state index in [1.807, 2.05) is 25.1 Å². The molecule has 0 fully saturated rings. The van der Waals surface area contributed by atoms with Crippen LogP contribution in [0.3, 0.4) is 0 Å². The Morgan fingerprint density at radius 1 is 1.31 bits per heavy atom. The van der Waals surface area contributed by atoms with E-state index in [0.29, 0.717) is 29.6 Å². The van der Waals surface area contributed by atoms with Crippen molar-refractivity contribution < 1.29 is 0 Å². The Hall–Kier alpha value is -2.32. The van der Waals surface area contributed by atoms with Crippen molar-refractivity contribution in [1.82, 2.24) is 25.1 Å². The van der Waals surface area contributed by atoms with Gasteiger partial charge in [0, 0.05) is 35.2 Å². The van der Waals surface area contributed by atoms with Gasteiger partial charge >= 0.3 is 0 Å². The van der Waals surface area contributed by atoms with E-state index < -0.39 is 0 Å². The molecule has 0 amide bonds. The highest BCUT2D eigenvalue weighted by atomic mass is 35.5. The lowest BCUT2D eigenvalue weighted by Crippen LogP contribution is -2.20. The van der Waals surface area contributed by atoms with Crippen molar-refractivity contribution in [3.8, 4) is 0 Å². The zero-order valence-electron chi connectivity index (χ0n) is 14.3. The summed E-state index contributed by atoms with van der Waals surface area (Å²) in [4.78, 5) is 23.5. The van der Waals surface area contributed by atoms with Gasteiger partial charge in [-0.1, -0.05) is 23.7 Å². The van der Waals surface area contributed by atoms with Crippen LogP contribution in [0.25, 0.3) is 0 Å². The summed E-state index contributed by atoms with van der Waals surface area (Å²) in [7, 11) is 0. The fourth-order valence-corrected chi connectivity index (χ4v) is 3.42. The number of hydrogen-bond acceptors (Lipinski definition) is 6. The highest BCUT2D eigenvalue weighted by Gasteiger charge is 2.07. The first-order valence-corrected chi connectivity index (χ1v) is 9.65. The van der Waals surface area contributed by atoms with Crippen molar-refractivity contribution in [3.63, 3.8) is 0 Å². The third kappa shape index (κ3) is 5.09. The largest absolute Gasteiger partial charge is 0.354 e. The van der Waals surface area contributed by atoms with Crippen LogP contribution in [0.4, 0.5) is 5.95 Å². The Kier molecular flexibility index (Phi) is 6.30. The molecule has 0 radical (unpaired) electrons.